The van der Waals surface area contributed by atoms with Gasteiger partial charge in [0, 0.05) is 17.5 Å². The van der Waals surface area contributed by atoms with E-state index in [2.05, 4.69) is 5.32 Å². The van der Waals surface area contributed by atoms with Crippen molar-refractivity contribution in [2.24, 2.45) is 0 Å². The number of hydrogen-bond acceptors (Lipinski definition) is 6. The third kappa shape index (κ3) is 4.61. The van der Waals surface area contributed by atoms with Gasteiger partial charge in [0.1, 0.15) is 17.2 Å². The van der Waals surface area contributed by atoms with Gasteiger partial charge in [0.2, 0.25) is 0 Å². The third-order valence-corrected chi connectivity index (χ3v) is 5.36. The van der Waals surface area contributed by atoms with Crippen molar-refractivity contribution in [3.8, 4) is 22.5 Å². The molecule has 35 heavy (non-hydrogen) atoms. The van der Waals surface area contributed by atoms with Gasteiger partial charge in [0.05, 0.1) is 34.3 Å². The van der Waals surface area contributed by atoms with Crippen LogP contribution in [0.3, 0.4) is 0 Å². The zero-order valence-electron chi connectivity index (χ0n) is 19.0. The molecule has 0 aliphatic rings. The fourth-order valence-electron chi connectivity index (χ4n) is 3.82. The molecule has 0 atom stereocenters. The van der Waals surface area contributed by atoms with Gasteiger partial charge in [0.15, 0.2) is 0 Å². The molecule has 1 heterocycles. The molecule has 1 aromatic heterocycles. The molecule has 0 aliphatic heterocycles. The van der Waals surface area contributed by atoms with Gasteiger partial charge in [-0.1, -0.05) is 12.1 Å². The molecule has 9 heteroatoms. The van der Waals surface area contributed by atoms with Crippen LogP contribution in [0.5, 0.6) is 0 Å². The van der Waals surface area contributed by atoms with Gasteiger partial charge in [-0.25, -0.2) is 9.18 Å². The molecule has 0 aliphatic carbocycles. The van der Waals surface area contributed by atoms with Crippen molar-refractivity contribution in [1.82, 2.24) is 5.32 Å². The molecule has 1 N–H and O–H groups in total. The standard InChI is InChI=1S/C26H21FN2O6/c1-3-28-25(30)23-20-13-19(16-6-5-7-17(12-16)26(31)34-4-2)21(29(32)33)14-22(20)35-24(23)15-8-10-18(27)11-9-15/h5-14H,3-4H2,1-2H3,(H,28,30). The van der Waals surface area contributed by atoms with E-state index in [4.69, 9.17) is 9.15 Å². The molecule has 3 aromatic carbocycles. The molecular weight excluding hydrogens is 455 g/mol. The Morgan fingerprint density at radius 1 is 1.06 bits per heavy atom. The number of nitrogens with zero attached hydrogens (tertiary/aromatic N) is 1. The van der Waals surface area contributed by atoms with Crippen molar-refractivity contribution in [3.63, 3.8) is 0 Å². The number of hydrogen-bond donors (Lipinski definition) is 1. The number of furan rings is 1. The number of carbonyl (C=O) groups is 2. The highest BCUT2D eigenvalue weighted by Crippen LogP contribution is 2.40. The average molecular weight is 476 g/mol. The lowest BCUT2D eigenvalue weighted by molar-refractivity contribution is -0.384. The van der Waals surface area contributed by atoms with E-state index in [-0.39, 0.29) is 40.3 Å². The van der Waals surface area contributed by atoms with Crippen LogP contribution in [0.4, 0.5) is 10.1 Å². The van der Waals surface area contributed by atoms with Crippen LogP contribution in [-0.2, 0) is 4.74 Å². The van der Waals surface area contributed by atoms with Crippen molar-refractivity contribution < 1.29 is 28.1 Å². The Balaban J connectivity index is 1.98. The van der Waals surface area contributed by atoms with E-state index in [1.807, 2.05) is 0 Å². The monoisotopic (exact) mass is 476 g/mol. The van der Waals surface area contributed by atoms with Gasteiger partial charge in [-0.3, -0.25) is 14.9 Å². The summed E-state index contributed by atoms with van der Waals surface area (Å²) in [6.45, 7) is 3.97. The van der Waals surface area contributed by atoms with Crippen molar-refractivity contribution >= 4 is 28.5 Å². The average Bonchev–Trinajstić information content (AvgIpc) is 3.22. The maximum absolute atomic E-state index is 13.5. The first-order valence-corrected chi connectivity index (χ1v) is 10.9. The van der Waals surface area contributed by atoms with Gasteiger partial charge < -0.3 is 14.5 Å². The van der Waals surface area contributed by atoms with Crippen molar-refractivity contribution in [3.05, 3.63) is 87.7 Å². The first-order valence-electron chi connectivity index (χ1n) is 10.9. The summed E-state index contributed by atoms with van der Waals surface area (Å²) in [5.41, 5.74) is 1.31. The van der Waals surface area contributed by atoms with E-state index in [1.165, 1.54) is 42.5 Å². The summed E-state index contributed by atoms with van der Waals surface area (Å²) in [5.74, 6) is -1.28. The summed E-state index contributed by atoms with van der Waals surface area (Å²) in [4.78, 5) is 36.6. The van der Waals surface area contributed by atoms with E-state index in [1.54, 1.807) is 32.0 Å². The molecule has 0 fully saturated rings. The number of ether oxygens (including phenoxy) is 1. The number of halogens is 1. The fourth-order valence-corrected chi connectivity index (χ4v) is 3.82. The van der Waals surface area contributed by atoms with Crippen LogP contribution in [0.15, 0.2) is 65.1 Å². The second-order valence-corrected chi connectivity index (χ2v) is 7.60. The smallest absolute Gasteiger partial charge is 0.338 e. The van der Waals surface area contributed by atoms with E-state index in [0.717, 1.165) is 0 Å². The SMILES string of the molecule is CCNC(=O)c1c(-c2ccc(F)cc2)oc2cc([N+](=O)[O-])c(-c3cccc(C(=O)OCC)c3)cc12. The Labute approximate surface area is 199 Å². The van der Waals surface area contributed by atoms with E-state index in [0.29, 0.717) is 23.1 Å². The molecule has 0 radical (unpaired) electrons. The van der Waals surface area contributed by atoms with Gasteiger partial charge in [-0.2, -0.15) is 0 Å². The highest BCUT2D eigenvalue weighted by atomic mass is 19.1. The minimum atomic E-state index is -0.558. The Morgan fingerprint density at radius 3 is 2.46 bits per heavy atom. The normalized spacial score (nSPS) is 10.8. The van der Waals surface area contributed by atoms with E-state index in [9.17, 15) is 24.1 Å². The summed E-state index contributed by atoms with van der Waals surface area (Å²) in [6.07, 6.45) is 0. The highest BCUT2D eigenvalue weighted by Gasteiger charge is 2.27. The number of benzene rings is 3. The summed E-state index contributed by atoms with van der Waals surface area (Å²) >= 11 is 0. The number of nitro benzene ring substituents is 1. The third-order valence-electron chi connectivity index (χ3n) is 5.36. The number of fused-ring (bicyclic) bond motifs is 1. The van der Waals surface area contributed by atoms with Crippen LogP contribution in [-0.4, -0.2) is 30.0 Å². The second kappa shape index (κ2) is 9.76. The van der Waals surface area contributed by atoms with E-state index >= 15 is 0 Å². The minimum absolute atomic E-state index is 0.127. The Morgan fingerprint density at radius 2 is 1.80 bits per heavy atom. The van der Waals surface area contributed by atoms with Crippen molar-refractivity contribution in [2.45, 2.75) is 13.8 Å². The van der Waals surface area contributed by atoms with Gasteiger partial charge in [-0.15, -0.1) is 0 Å². The quantitative estimate of drug-likeness (QED) is 0.207. The minimum Gasteiger partial charge on any atom is -0.462 e. The lowest BCUT2D eigenvalue weighted by atomic mass is 9.97. The zero-order valence-corrected chi connectivity index (χ0v) is 19.0. The highest BCUT2D eigenvalue weighted by molar-refractivity contribution is 6.12. The van der Waals surface area contributed by atoms with Crippen LogP contribution >= 0.6 is 0 Å². The molecule has 0 spiro atoms. The van der Waals surface area contributed by atoms with Gasteiger partial charge in [0.25, 0.3) is 11.6 Å². The second-order valence-electron chi connectivity index (χ2n) is 7.60. The molecule has 0 saturated heterocycles. The number of carbonyl (C=O) groups excluding carboxylic acids is 2. The Hall–Kier alpha value is -4.53. The predicted molar refractivity (Wildman–Crippen MR) is 128 cm³/mol. The molecule has 178 valence electrons. The van der Waals surface area contributed by atoms with Gasteiger partial charge in [-0.05, 0) is 61.9 Å². The number of nitrogens with one attached hydrogen (secondary N) is 1. The fraction of sp³-hybridized carbons (Fsp3) is 0.154. The zero-order chi connectivity index (χ0) is 25.1. The molecular formula is C26H21FN2O6. The molecule has 0 bridgehead atoms. The predicted octanol–water partition coefficient (Wildman–Crippen LogP) is 5.74. The van der Waals surface area contributed by atoms with Crippen LogP contribution in [0.2, 0.25) is 0 Å². The maximum atomic E-state index is 13.5. The number of nitro groups is 1. The van der Waals surface area contributed by atoms with Crippen LogP contribution in [0, 0.1) is 15.9 Å². The molecule has 1 amide bonds. The summed E-state index contributed by atoms with van der Waals surface area (Å²) in [7, 11) is 0. The summed E-state index contributed by atoms with van der Waals surface area (Å²) < 4.78 is 24.4. The largest absolute Gasteiger partial charge is 0.462 e. The Bertz CT molecular complexity index is 1440. The van der Waals surface area contributed by atoms with Crippen LogP contribution < -0.4 is 5.32 Å². The molecule has 4 aromatic rings. The molecule has 8 nitrogen and oxygen atoms in total. The first-order chi connectivity index (χ1) is 16.8. The number of amides is 1. The first kappa shape index (κ1) is 23.6. The number of esters is 1. The topological polar surface area (TPSA) is 112 Å². The van der Waals surface area contributed by atoms with Crippen molar-refractivity contribution in [1.29, 1.82) is 0 Å². The molecule has 0 saturated carbocycles. The lowest BCUT2D eigenvalue weighted by Crippen LogP contribution is -2.22. The summed E-state index contributed by atoms with van der Waals surface area (Å²) in [5, 5.41) is 15.0. The maximum Gasteiger partial charge on any atom is 0.338 e. The molecule has 0 unspecified atom stereocenters. The lowest BCUT2D eigenvalue weighted by Gasteiger charge is -2.07. The van der Waals surface area contributed by atoms with Crippen LogP contribution in [0.25, 0.3) is 33.4 Å². The molecule has 4 rings (SSSR count). The van der Waals surface area contributed by atoms with Crippen LogP contribution in [0.1, 0.15) is 34.6 Å². The van der Waals surface area contributed by atoms with Crippen molar-refractivity contribution in [2.75, 3.05) is 13.2 Å². The Kier molecular flexibility index (Phi) is 6.59. The van der Waals surface area contributed by atoms with E-state index < -0.39 is 22.6 Å². The number of rotatable bonds is 7. The van der Waals surface area contributed by atoms with Gasteiger partial charge >= 0.3 is 5.97 Å². The summed E-state index contributed by atoms with van der Waals surface area (Å²) in [6, 6.07) is 14.4.